The first-order valence-electron chi connectivity index (χ1n) is 9.21. The minimum Gasteiger partial charge on any atom is -0.335 e. The van der Waals surface area contributed by atoms with E-state index in [1.54, 1.807) is 17.0 Å². The highest BCUT2D eigenvalue weighted by molar-refractivity contribution is 7.89. The van der Waals surface area contributed by atoms with Gasteiger partial charge >= 0.3 is 0 Å². The molecule has 146 valence electrons. The van der Waals surface area contributed by atoms with Crippen molar-refractivity contribution in [2.45, 2.75) is 18.7 Å². The SMILES string of the molecule is Cc1ccc(S(=O)(=O)N2CCN(C(=O)c3cc4ccccc4s3)CC2)cc1C. The Morgan fingerprint density at radius 2 is 1.64 bits per heavy atom. The van der Waals surface area contributed by atoms with Gasteiger partial charge in [-0.2, -0.15) is 4.31 Å². The highest BCUT2D eigenvalue weighted by Crippen LogP contribution is 2.27. The lowest BCUT2D eigenvalue weighted by atomic mass is 10.1. The summed E-state index contributed by atoms with van der Waals surface area (Å²) in [7, 11) is -3.54. The Kier molecular flexibility index (Phi) is 4.99. The lowest BCUT2D eigenvalue weighted by Gasteiger charge is -2.33. The maximum absolute atomic E-state index is 12.9. The number of hydrogen-bond donors (Lipinski definition) is 0. The van der Waals surface area contributed by atoms with E-state index in [1.165, 1.54) is 15.6 Å². The number of carbonyl (C=O) groups is 1. The summed E-state index contributed by atoms with van der Waals surface area (Å²) in [6.07, 6.45) is 0. The van der Waals surface area contributed by atoms with Crippen molar-refractivity contribution in [3.05, 3.63) is 64.5 Å². The van der Waals surface area contributed by atoms with Crippen LogP contribution in [-0.4, -0.2) is 49.7 Å². The van der Waals surface area contributed by atoms with Gasteiger partial charge in [0.05, 0.1) is 9.77 Å². The molecule has 3 aromatic rings. The number of fused-ring (bicyclic) bond motifs is 1. The molecule has 2 aromatic carbocycles. The number of piperazine rings is 1. The minimum atomic E-state index is -3.54. The molecule has 1 saturated heterocycles. The van der Waals surface area contributed by atoms with Crippen LogP contribution >= 0.6 is 11.3 Å². The molecule has 0 saturated carbocycles. The van der Waals surface area contributed by atoms with E-state index in [9.17, 15) is 13.2 Å². The average molecular weight is 415 g/mol. The van der Waals surface area contributed by atoms with E-state index >= 15 is 0 Å². The molecule has 4 rings (SSSR count). The summed E-state index contributed by atoms with van der Waals surface area (Å²) in [6, 6.07) is 15.1. The van der Waals surface area contributed by atoms with Gasteiger partial charge < -0.3 is 4.90 Å². The molecule has 1 aliphatic rings. The van der Waals surface area contributed by atoms with Crippen molar-refractivity contribution in [3.63, 3.8) is 0 Å². The van der Waals surface area contributed by atoms with Crippen LogP contribution in [0.3, 0.4) is 0 Å². The fourth-order valence-corrected chi connectivity index (χ4v) is 5.94. The number of amides is 1. The molecule has 0 aliphatic carbocycles. The fourth-order valence-electron chi connectivity index (χ4n) is 3.40. The molecule has 0 unspecified atom stereocenters. The molecule has 2 heterocycles. The maximum atomic E-state index is 12.9. The predicted molar refractivity (Wildman–Crippen MR) is 112 cm³/mol. The topological polar surface area (TPSA) is 57.7 Å². The Morgan fingerprint density at radius 1 is 0.929 bits per heavy atom. The van der Waals surface area contributed by atoms with Crippen LogP contribution in [-0.2, 0) is 10.0 Å². The minimum absolute atomic E-state index is 0.0237. The zero-order chi connectivity index (χ0) is 19.9. The largest absolute Gasteiger partial charge is 0.335 e. The van der Waals surface area contributed by atoms with E-state index in [0.29, 0.717) is 36.0 Å². The molecule has 7 heteroatoms. The van der Waals surface area contributed by atoms with E-state index in [0.717, 1.165) is 21.2 Å². The van der Waals surface area contributed by atoms with Crippen molar-refractivity contribution >= 4 is 37.4 Å². The first-order chi connectivity index (χ1) is 13.4. The third-order valence-corrected chi connectivity index (χ3v) is 8.28. The van der Waals surface area contributed by atoms with Gasteiger partial charge in [-0.1, -0.05) is 24.3 Å². The van der Waals surface area contributed by atoms with E-state index in [4.69, 9.17) is 0 Å². The zero-order valence-electron chi connectivity index (χ0n) is 15.9. The molecule has 0 radical (unpaired) electrons. The van der Waals surface area contributed by atoms with Gasteiger partial charge in [0, 0.05) is 30.9 Å². The summed E-state index contributed by atoms with van der Waals surface area (Å²) < 4.78 is 28.4. The van der Waals surface area contributed by atoms with Gasteiger partial charge in [0.2, 0.25) is 10.0 Å². The van der Waals surface area contributed by atoms with Gasteiger partial charge in [-0.15, -0.1) is 11.3 Å². The number of thiophene rings is 1. The molecule has 0 N–H and O–H groups in total. The summed E-state index contributed by atoms with van der Waals surface area (Å²) in [5.41, 5.74) is 2.03. The van der Waals surface area contributed by atoms with Gasteiger partial charge in [-0.3, -0.25) is 4.79 Å². The van der Waals surface area contributed by atoms with E-state index in [1.807, 2.05) is 50.2 Å². The van der Waals surface area contributed by atoms with Crippen LogP contribution in [0.4, 0.5) is 0 Å². The Labute approximate surface area is 169 Å². The first-order valence-corrected chi connectivity index (χ1v) is 11.5. The second-order valence-electron chi connectivity index (χ2n) is 7.09. The van der Waals surface area contributed by atoms with Gasteiger partial charge in [-0.25, -0.2) is 8.42 Å². The van der Waals surface area contributed by atoms with Crippen LogP contribution in [0.5, 0.6) is 0 Å². The van der Waals surface area contributed by atoms with Crippen LogP contribution < -0.4 is 0 Å². The van der Waals surface area contributed by atoms with Crippen molar-refractivity contribution in [3.8, 4) is 0 Å². The maximum Gasteiger partial charge on any atom is 0.264 e. The predicted octanol–water partition coefficient (Wildman–Crippen LogP) is 3.66. The number of hydrogen-bond acceptors (Lipinski definition) is 4. The molecule has 0 spiro atoms. The summed E-state index contributed by atoms with van der Waals surface area (Å²) in [6.45, 7) is 5.30. The molecule has 28 heavy (non-hydrogen) atoms. The Bertz CT molecular complexity index is 1110. The second kappa shape index (κ2) is 7.31. The highest BCUT2D eigenvalue weighted by atomic mass is 32.2. The van der Waals surface area contributed by atoms with E-state index in [-0.39, 0.29) is 5.91 Å². The van der Waals surface area contributed by atoms with Crippen LogP contribution in [0.25, 0.3) is 10.1 Å². The molecular weight excluding hydrogens is 392 g/mol. The standard InChI is InChI=1S/C21H22N2O3S2/c1-15-7-8-18(13-16(15)2)28(25,26)23-11-9-22(10-12-23)21(24)20-14-17-5-3-4-6-19(17)27-20/h3-8,13-14H,9-12H2,1-2H3. The van der Waals surface area contributed by atoms with E-state index in [2.05, 4.69) is 0 Å². The molecule has 0 atom stereocenters. The molecule has 1 amide bonds. The number of sulfonamides is 1. The number of aryl methyl sites for hydroxylation is 2. The smallest absolute Gasteiger partial charge is 0.264 e. The summed E-state index contributed by atoms with van der Waals surface area (Å²) >= 11 is 1.48. The number of carbonyl (C=O) groups excluding carboxylic acids is 1. The van der Waals surface area contributed by atoms with Gasteiger partial charge in [-0.05, 0) is 54.6 Å². The van der Waals surface area contributed by atoms with Crippen molar-refractivity contribution < 1.29 is 13.2 Å². The molecule has 1 fully saturated rings. The summed E-state index contributed by atoms with van der Waals surface area (Å²) in [5.74, 6) is -0.0237. The summed E-state index contributed by atoms with van der Waals surface area (Å²) in [5, 5.41) is 1.06. The lowest BCUT2D eigenvalue weighted by Crippen LogP contribution is -2.50. The summed E-state index contributed by atoms with van der Waals surface area (Å²) in [4.78, 5) is 15.6. The number of rotatable bonds is 3. The van der Waals surface area contributed by atoms with Gasteiger partial charge in [0.1, 0.15) is 0 Å². The Hall–Kier alpha value is -2.22. The van der Waals surface area contributed by atoms with Crippen LogP contribution in [0.1, 0.15) is 20.8 Å². The third-order valence-electron chi connectivity index (χ3n) is 5.28. The molecule has 0 bridgehead atoms. The molecule has 5 nitrogen and oxygen atoms in total. The van der Waals surface area contributed by atoms with Crippen molar-refractivity contribution in [1.29, 1.82) is 0 Å². The Balaban J connectivity index is 1.47. The van der Waals surface area contributed by atoms with Crippen LogP contribution in [0.15, 0.2) is 53.4 Å². The van der Waals surface area contributed by atoms with Crippen molar-refractivity contribution in [1.82, 2.24) is 9.21 Å². The van der Waals surface area contributed by atoms with Crippen LogP contribution in [0.2, 0.25) is 0 Å². The first kappa shape index (κ1) is 19.1. The van der Waals surface area contributed by atoms with Crippen molar-refractivity contribution in [2.24, 2.45) is 0 Å². The highest BCUT2D eigenvalue weighted by Gasteiger charge is 2.31. The normalized spacial score (nSPS) is 15.9. The van der Waals surface area contributed by atoms with Gasteiger partial charge in [0.25, 0.3) is 5.91 Å². The zero-order valence-corrected chi connectivity index (χ0v) is 17.5. The van der Waals surface area contributed by atoms with E-state index < -0.39 is 10.0 Å². The molecule has 1 aromatic heterocycles. The average Bonchev–Trinajstić information content (AvgIpc) is 3.13. The number of benzene rings is 2. The fraction of sp³-hybridized carbons (Fsp3) is 0.286. The second-order valence-corrected chi connectivity index (χ2v) is 10.1. The third kappa shape index (κ3) is 3.45. The lowest BCUT2D eigenvalue weighted by molar-refractivity contribution is 0.0703. The van der Waals surface area contributed by atoms with Crippen molar-refractivity contribution in [2.75, 3.05) is 26.2 Å². The van der Waals surface area contributed by atoms with Crippen LogP contribution in [0, 0.1) is 13.8 Å². The van der Waals surface area contributed by atoms with Gasteiger partial charge in [0.15, 0.2) is 0 Å². The quantitative estimate of drug-likeness (QED) is 0.657. The molecule has 1 aliphatic heterocycles. The molecular formula is C21H22N2O3S2. The monoisotopic (exact) mass is 414 g/mol. The number of nitrogens with zero attached hydrogens (tertiary/aromatic N) is 2. The Morgan fingerprint density at radius 3 is 2.32 bits per heavy atom.